The number of methoxy groups -OCH3 is 1. The average molecular weight is 249 g/mol. The van der Waals surface area contributed by atoms with Crippen LogP contribution in [0.25, 0.3) is 0 Å². The minimum atomic E-state index is -0.323. The van der Waals surface area contributed by atoms with Crippen LogP contribution in [-0.4, -0.2) is 25.2 Å². The van der Waals surface area contributed by atoms with Crippen LogP contribution in [0.1, 0.15) is 41.8 Å². The lowest BCUT2D eigenvalue weighted by Crippen LogP contribution is -2.35. The number of ether oxygens (including phenoxy) is 2. The van der Waals surface area contributed by atoms with Crippen molar-refractivity contribution in [2.45, 2.75) is 38.0 Å². The van der Waals surface area contributed by atoms with E-state index in [4.69, 9.17) is 10.5 Å². The second kappa shape index (κ2) is 5.50. The summed E-state index contributed by atoms with van der Waals surface area (Å²) in [6, 6.07) is 7.51. The van der Waals surface area contributed by atoms with Crippen LogP contribution in [0, 0.1) is 0 Å². The van der Waals surface area contributed by atoms with Crippen molar-refractivity contribution >= 4 is 5.97 Å². The zero-order valence-electron chi connectivity index (χ0n) is 10.8. The zero-order valence-corrected chi connectivity index (χ0v) is 10.8. The van der Waals surface area contributed by atoms with Crippen molar-refractivity contribution in [3.63, 3.8) is 0 Å². The van der Waals surface area contributed by atoms with Gasteiger partial charge in [-0.15, -0.1) is 0 Å². The summed E-state index contributed by atoms with van der Waals surface area (Å²) in [6.07, 6.45) is 1.92. The number of esters is 1. The molecule has 1 aliphatic rings. The largest absolute Gasteiger partial charge is 0.465 e. The van der Waals surface area contributed by atoms with Gasteiger partial charge in [0.25, 0.3) is 0 Å². The number of nitrogens with two attached hydrogens (primary N) is 1. The van der Waals surface area contributed by atoms with Crippen LogP contribution >= 0.6 is 0 Å². The van der Waals surface area contributed by atoms with Crippen LogP contribution in [0.2, 0.25) is 0 Å². The molecule has 1 fully saturated rings. The molecule has 18 heavy (non-hydrogen) atoms. The Morgan fingerprint density at radius 2 is 2.00 bits per heavy atom. The molecule has 1 aliphatic heterocycles. The number of hydrogen-bond acceptors (Lipinski definition) is 4. The van der Waals surface area contributed by atoms with Gasteiger partial charge >= 0.3 is 5.97 Å². The van der Waals surface area contributed by atoms with Crippen molar-refractivity contribution in [2.75, 3.05) is 7.11 Å². The first kappa shape index (κ1) is 13.1. The fraction of sp³-hybridized carbons (Fsp3) is 0.500. The highest BCUT2D eigenvalue weighted by atomic mass is 16.5. The molecule has 1 saturated heterocycles. The molecular weight excluding hydrogens is 230 g/mol. The molecule has 4 heteroatoms. The van der Waals surface area contributed by atoms with E-state index in [-0.39, 0.29) is 24.2 Å². The van der Waals surface area contributed by atoms with E-state index in [1.807, 2.05) is 19.1 Å². The Bertz CT molecular complexity index is 406. The van der Waals surface area contributed by atoms with Crippen LogP contribution in [0.15, 0.2) is 24.3 Å². The van der Waals surface area contributed by atoms with E-state index in [1.54, 1.807) is 12.1 Å². The van der Waals surface area contributed by atoms with Crippen molar-refractivity contribution in [1.82, 2.24) is 0 Å². The van der Waals surface area contributed by atoms with Gasteiger partial charge in [-0.3, -0.25) is 0 Å². The number of benzene rings is 1. The molecule has 0 aromatic heterocycles. The molecule has 0 aliphatic carbocycles. The summed E-state index contributed by atoms with van der Waals surface area (Å²) in [6.45, 7) is 2.04. The lowest BCUT2D eigenvalue weighted by molar-refractivity contribution is -0.0486. The third kappa shape index (κ3) is 2.89. The maximum absolute atomic E-state index is 11.3. The van der Waals surface area contributed by atoms with Gasteiger partial charge in [-0.1, -0.05) is 12.1 Å². The second-order valence-corrected chi connectivity index (χ2v) is 4.78. The average Bonchev–Trinajstić information content (AvgIpc) is 2.37. The highest BCUT2D eigenvalue weighted by Gasteiger charge is 2.25. The smallest absolute Gasteiger partial charge is 0.337 e. The molecule has 0 unspecified atom stereocenters. The highest BCUT2D eigenvalue weighted by molar-refractivity contribution is 5.89. The molecule has 0 saturated carbocycles. The van der Waals surface area contributed by atoms with E-state index in [1.165, 1.54) is 7.11 Å². The third-order valence-electron chi connectivity index (χ3n) is 3.25. The second-order valence-electron chi connectivity index (χ2n) is 4.78. The molecule has 0 amide bonds. The molecular formula is C14H19NO3. The topological polar surface area (TPSA) is 61.5 Å². The minimum Gasteiger partial charge on any atom is -0.465 e. The lowest BCUT2D eigenvalue weighted by atomic mass is 9.95. The minimum absolute atomic E-state index is 0.0236. The summed E-state index contributed by atoms with van der Waals surface area (Å²) in [5.74, 6) is -0.323. The number of rotatable bonds is 2. The van der Waals surface area contributed by atoms with E-state index >= 15 is 0 Å². The lowest BCUT2D eigenvalue weighted by Gasteiger charge is -2.32. The van der Waals surface area contributed by atoms with Gasteiger partial charge < -0.3 is 15.2 Å². The predicted octanol–water partition coefficient (Wildman–Crippen LogP) is 2.04. The summed E-state index contributed by atoms with van der Waals surface area (Å²) in [4.78, 5) is 11.3. The number of carbonyl (C=O) groups excluding carboxylic acids is 1. The first-order valence-electron chi connectivity index (χ1n) is 6.19. The normalized spacial score (nSPS) is 27.8. The van der Waals surface area contributed by atoms with Crippen LogP contribution in [0.3, 0.4) is 0 Å². The standard InChI is InChI=1S/C14H19NO3/c1-9-7-12(15)8-13(18-9)10-3-5-11(6-4-10)14(16)17-2/h3-6,9,12-13H,7-8,15H2,1-2H3/t9-,12+,13-/m1/s1. The van der Waals surface area contributed by atoms with Gasteiger partial charge in [0, 0.05) is 6.04 Å². The Balaban J connectivity index is 2.11. The van der Waals surface area contributed by atoms with Crippen LogP contribution < -0.4 is 5.73 Å². The van der Waals surface area contributed by atoms with Gasteiger partial charge in [0.05, 0.1) is 24.9 Å². The van der Waals surface area contributed by atoms with Crippen LogP contribution in [-0.2, 0) is 9.47 Å². The fourth-order valence-electron chi connectivity index (χ4n) is 2.36. The quantitative estimate of drug-likeness (QED) is 0.815. The van der Waals surface area contributed by atoms with Crippen molar-refractivity contribution in [3.05, 3.63) is 35.4 Å². The molecule has 0 spiro atoms. The Hall–Kier alpha value is -1.39. The number of hydrogen-bond donors (Lipinski definition) is 1. The summed E-state index contributed by atoms with van der Waals surface area (Å²) in [7, 11) is 1.38. The molecule has 0 radical (unpaired) electrons. The zero-order chi connectivity index (χ0) is 13.1. The molecule has 0 bridgehead atoms. The van der Waals surface area contributed by atoms with Gasteiger partial charge in [-0.2, -0.15) is 0 Å². The molecule has 2 rings (SSSR count). The third-order valence-corrected chi connectivity index (χ3v) is 3.25. The predicted molar refractivity (Wildman–Crippen MR) is 68.3 cm³/mol. The van der Waals surface area contributed by atoms with Crippen molar-refractivity contribution < 1.29 is 14.3 Å². The Kier molecular flexibility index (Phi) is 3.99. The Morgan fingerprint density at radius 1 is 1.33 bits per heavy atom. The van der Waals surface area contributed by atoms with Gasteiger partial charge in [-0.25, -0.2) is 4.79 Å². The summed E-state index contributed by atoms with van der Waals surface area (Å²) < 4.78 is 10.5. The monoisotopic (exact) mass is 249 g/mol. The van der Waals surface area contributed by atoms with Gasteiger partial charge in [0.2, 0.25) is 0 Å². The van der Waals surface area contributed by atoms with E-state index in [0.717, 1.165) is 18.4 Å². The fourth-order valence-corrected chi connectivity index (χ4v) is 2.36. The van der Waals surface area contributed by atoms with Crippen molar-refractivity contribution in [3.8, 4) is 0 Å². The molecule has 1 aromatic carbocycles. The van der Waals surface area contributed by atoms with E-state index in [0.29, 0.717) is 5.56 Å². The molecule has 3 atom stereocenters. The van der Waals surface area contributed by atoms with Crippen molar-refractivity contribution in [2.24, 2.45) is 5.73 Å². The summed E-state index contributed by atoms with van der Waals surface area (Å²) >= 11 is 0. The van der Waals surface area contributed by atoms with Gasteiger partial charge in [0.15, 0.2) is 0 Å². The SMILES string of the molecule is COC(=O)c1ccc([C@H]2C[C@@H](N)C[C@@H](C)O2)cc1. The molecule has 2 N–H and O–H groups in total. The van der Waals surface area contributed by atoms with E-state index in [2.05, 4.69) is 4.74 Å². The molecule has 1 heterocycles. The first-order chi connectivity index (χ1) is 8.60. The van der Waals surface area contributed by atoms with Crippen molar-refractivity contribution in [1.29, 1.82) is 0 Å². The van der Waals surface area contributed by atoms with Crippen LogP contribution in [0.4, 0.5) is 0 Å². The Morgan fingerprint density at radius 3 is 2.56 bits per heavy atom. The van der Waals surface area contributed by atoms with Crippen LogP contribution in [0.5, 0.6) is 0 Å². The molecule has 98 valence electrons. The maximum Gasteiger partial charge on any atom is 0.337 e. The summed E-state index contributed by atoms with van der Waals surface area (Å²) in [5.41, 5.74) is 7.61. The van der Waals surface area contributed by atoms with Gasteiger partial charge in [-0.05, 0) is 37.5 Å². The van der Waals surface area contributed by atoms with E-state index < -0.39 is 0 Å². The number of carbonyl (C=O) groups is 1. The maximum atomic E-state index is 11.3. The first-order valence-corrected chi connectivity index (χ1v) is 6.19. The highest BCUT2D eigenvalue weighted by Crippen LogP contribution is 2.30. The summed E-state index contributed by atoms with van der Waals surface area (Å²) in [5, 5.41) is 0. The molecule has 1 aromatic rings. The van der Waals surface area contributed by atoms with Gasteiger partial charge in [0.1, 0.15) is 0 Å². The Labute approximate surface area is 107 Å². The van der Waals surface area contributed by atoms with E-state index in [9.17, 15) is 4.79 Å². The molecule has 4 nitrogen and oxygen atoms in total.